The molecule has 1 saturated heterocycles. The molecular weight excluding hydrogens is 236 g/mol. The molecule has 1 rings (SSSR count). The van der Waals surface area contributed by atoms with E-state index in [4.69, 9.17) is 0 Å². The van der Waals surface area contributed by atoms with Crippen LogP contribution in [-0.4, -0.2) is 16.8 Å². The second-order valence-corrected chi connectivity index (χ2v) is 4.57. The highest BCUT2D eigenvalue weighted by Crippen LogP contribution is 2.15. The summed E-state index contributed by atoms with van der Waals surface area (Å²) in [5.74, 6) is 1.76. The highest BCUT2D eigenvalue weighted by molar-refractivity contribution is 7.80. The Morgan fingerprint density at radius 1 is 1.50 bits per heavy atom. The molecule has 1 aliphatic heterocycles. The smallest absolute Gasteiger partial charge is 0.184 e. The first kappa shape index (κ1) is 12.5. The van der Waals surface area contributed by atoms with E-state index < -0.39 is 0 Å². The summed E-state index contributed by atoms with van der Waals surface area (Å²) in [6.07, 6.45) is 5.58. The molecule has 3 heteroatoms. The number of carbonyl (C=O) groups is 1. The molecule has 0 aromatic rings. The van der Waals surface area contributed by atoms with Crippen molar-refractivity contribution >= 4 is 17.5 Å². The molecule has 72 valence electrons. The van der Waals surface area contributed by atoms with Crippen LogP contribution in [0, 0.1) is 0 Å². The molecule has 0 aliphatic carbocycles. The van der Waals surface area contributed by atoms with Crippen LogP contribution in [0.5, 0.6) is 0 Å². The van der Waals surface area contributed by atoms with Crippen LogP contribution in [0.4, 0.5) is 0 Å². The number of thiol groups is 1. The van der Waals surface area contributed by atoms with Gasteiger partial charge in [-0.25, -0.2) is 0 Å². The summed E-state index contributed by atoms with van der Waals surface area (Å²) in [6, 6.07) is 0. The molecule has 0 aromatic carbocycles. The van der Waals surface area contributed by atoms with E-state index in [2.05, 4.69) is 6.92 Å². The zero-order valence-corrected chi connectivity index (χ0v) is 10.0. The highest BCUT2D eigenvalue weighted by atomic mass is 79.9. The van der Waals surface area contributed by atoms with Gasteiger partial charge in [-0.05, 0) is 31.0 Å². The van der Waals surface area contributed by atoms with Gasteiger partial charge in [-0.2, -0.15) is 0 Å². The lowest BCUT2D eigenvalue weighted by Crippen LogP contribution is -3.00. The van der Waals surface area contributed by atoms with Gasteiger partial charge in [0.25, 0.3) is 0 Å². The molecule has 0 saturated carbocycles. The highest BCUT2D eigenvalue weighted by Gasteiger charge is 2.26. The number of Topliss-reactive ketones (excluding diaryl/α,β-unsaturated/α-hetero) is 1. The van der Waals surface area contributed by atoms with E-state index in [0.717, 1.165) is 19.3 Å². The van der Waals surface area contributed by atoms with Crippen LogP contribution in [-0.2, 0) is 16.6 Å². The summed E-state index contributed by atoms with van der Waals surface area (Å²) >= 11 is 1.40. The van der Waals surface area contributed by atoms with E-state index in [1.165, 1.54) is 30.4 Å². The van der Waals surface area contributed by atoms with Crippen LogP contribution in [0.2, 0.25) is 0 Å². The van der Waals surface area contributed by atoms with Crippen molar-refractivity contribution in [3.63, 3.8) is 0 Å². The maximum absolute atomic E-state index is 11.4. The number of ketones is 1. The van der Waals surface area contributed by atoms with Crippen molar-refractivity contribution in [2.75, 3.05) is 5.75 Å². The summed E-state index contributed by atoms with van der Waals surface area (Å²) < 4.78 is 0. The second-order valence-electron chi connectivity index (χ2n) is 3.13. The molecule has 0 radical (unpaired) electrons. The minimum Gasteiger partial charge on any atom is -1.00 e. The van der Waals surface area contributed by atoms with Gasteiger partial charge in [-0.15, -0.1) is 0 Å². The Labute approximate surface area is 89.5 Å². The van der Waals surface area contributed by atoms with Gasteiger partial charge >= 0.3 is 0 Å². The molecule has 1 aliphatic rings. The molecular formula is C9H17BrOS. The monoisotopic (exact) mass is 252 g/mol. The van der Waals surface area contributed by atoms with Crippen LogP contribution in [0.25, 0.3) is 0 Å². The minimum atomic E-state index is 0. The van der Waals surface area contributed by atoms with Crippen molar-refractivity contribution in [1.29, 1.82) is 0 Å². The van der Waals surface area contributed by atoms with Gasteiger partial charge in [0.2, 0.25) is 0 Å². The zero-order chi connectivity index (χ0) is 8.10. The lowest BCUT2D eigenvalue weighted by molar-refractivity contribution is -0.118. The minimum absolute atomic E-state index is 0. The molecule has 1 heterocycles. The molecule has 0 bridgehead atoms. The predicted molar refractivity (Wildman–Crippen MR) is 51.2 cm³/mol. The van der Waals surface area contributed by atoms with Gasteiger partial charge in [0.05, 0.1) is 0 Å². The van der Waals surface area contributed by atoms with Crippen molar-refractivity contribution in [3.05, 3.63) is 0 Å². The third-order valence-corrected chi connectivity index (χ3v) is 3.66. The molecule has 1 atom stereocenters. The predicted octanol–water partition coefficient (Wildman–Crippen LogP) is -1.27. The zero-order valence-electron chi connectivity index (χ0n) is 7.55. The van der Waals surface area contributed by atoms with Crippen molar-refractivity contribution in [2.45, 2.75) is 44.3 Å². The molecule has 1 fully saturated rings. The largest absolute Gasteiger partial charge is 1.00 e. The molecule has 0 aromatic heterocycles. The van der Waals surface area contributed by atoms with Gasteiger partial charge in [0.1, 0.15) is 5.75 Å². The fraction of sp³-hybridized carbons (Fsp3) is 0.889. The topological polar surface area (TPSA) is 17.1 Å². The van der Waals surface area contributed by atoms with Gasteiger partial charge in [0.15, 0.2) is 11.0 Å². The Hall–Kier alpha value is 0.500. The van der Waals surface area contributed by atoms with Crippen molar-refractivity contribution in [1.82, 2.24) is 0 Å². The van der Waals surface area contributed by atoms with Crippen LogP contribution in [0.1, 0.15) is 39.0 Å². The first-order valence-electron chi connectivity index (χ1n) is 4.54. The average molecular weight is 253 g/mol. The maximum atomic E-state index is 11.4. The van der Waals surface area contributed by atoms with Crippen molar-refractivity contribution in [3.8, 4) is 0 Å². The summed E-state index contributed by atoms with van der Waals surface area (Å²) in [5.41, 5.74) is 0. The van der Waals surface area contributed by atoms with E-state index in [1.807, 2.05) is 0 Å². The van der Waals surface area contributed by atoms with Crippen LogP contribution in [0.3, 0.4) is 0 Å². The first-order valence-corrected chi connectivity index (χ1v) is 5.68. The second kappa shape index (κ2) is 6.96. The third kappa shape index (κ3) is 3.94. The maximum Gasteiger partial charge on any atom is 0.184 e. The average Bonchev–Trinajstić information content (AvgIpc) is 2.07. The normalized spacial score (nSPS) is 22.9. The fourth-order valence-corrected chi connectivity index (χ4v) is 2.88. The third-order valence-electron chi connectivity index (χ3n) is 2.10. The summed E-state index contributed by atoms with van der Waals surface area (Å²) in [7, 11) is 0. The molecule has 12 heavy (non-hydrogen) atoms. The van der Waals surface area contributed by atoms with Gasteiger partial charge in [-0.1, -0.05) is 6.92 Å². The SMILES string of the molecule is CCCC(=O)C1CCCC[SH+]1.[Br-]. The lowest BCUT2D eigenvalue weighted by Gasteiger charge is -2.12. The van der Waals surface area contributed by atoms with E-state index >= 15 is 0 Å². The number of rotatable bonds is 3. The Morgan fingerprint density at radius 3 is 2.75 bits per heavy atom. The molecule has 0 N–H and O–H groups in total. The summed E-state index contributed by atoms with van der Waals surface area (Å²) in [5, 5.41) is 0.406. The summed E-state index contributed by atoms with van der Waals surface area (Å²) in [4.78, 5) is 11.4. The van der Waals surface area contributed by atoms with Crippen LogP contribution >= 0.6 is 0 Å². The molecule has 0 amide bonds. The van der Waals surface area contributed by atoms with E-state index in [0.29, 0.717) is 11.0 Å². The molecule has 1 nitrogen and oxygen atoms in total. The fourth-order valence-electron chi connectivity index (χ4n) is 1.46. The standard InChI is InChI=1S/C9H16OS.BrH/c1-2-5-8(10)9-6-3-4-7-11-9;/h9H,2-7H2,1H3;1H. The summed E-state index contributed by atoms with van der Waals surface area (Å²) in [6.45, 7) is 2.08. The quantitative estimate of drug-likeness (QED) is 0.453. The van der Waals surface area contributed by atoms with Crippen molar-refractivity contribution in [2.24, 2.45) is 0 Å². The van der Waals surface area contributed by atoms with E-state index in [9.17, 15) is 4.79 Å². The number of hydrogen-bond donors (Lipinski definition) is 0. The Kier molecular flexibility index (Phi) is 7.25. The number of carbonyl (C=O) groups excluding carboxylic acids is 1. The Morgan fingerprint density at radius 2 is 2.25 bits per heavy atom. The van der Waals surface area contributed by atoms with Gasteiger partial charge in [0, 0.05) is 12.8 Å². The van der Waals surface area contributed by atoms with Crippen LogP contribution in [0.15, 0.2) is 0 Å². The van der Waals surface area contributed by atoms with E-state index in [-0.39, 0.29) is 17.0 Å². The van der Waals surface area contributed by atoms with Gasteiger partial charge < -0.3 is 17.0 Å². The lowest BCUT2D eigenvalue weighted by atomic mass is 10.1. The number of halogens is 1. The van der Waals surface area contributed by atoms with Crippen LogP contribution < -0.4 is 17.0 Å². The van der Waals surface area contributed by atoms with Crippen molar-refractivity contribution < 1.29 is 21.8 Å². The molecule has 0 spiro atoms. The Balaban J connectivity index is 0.00000121. The first-order chi connectivity index (χ1) is 5.34. The number of hydrogen-bond acceptors (Lipinski definition) is 1. The van der Waals surface area contributed by atoms with E-state index in [1.54, 1.807) is 0 Å². The Bertz CT molecular complexity index is 132. The van der Waals surface area contributed by atoms with Gasteiger partial charge in [-0.3, -0.25) is 4.79 Å². The molecule has 1 unspecified atom stereocenters.